The summed E-state index contributed by atoms with van der Waals surface area (Å²) < 4.78 is 5.30. The van der Waals surface area contributed by atoms with Gasteiger partial charge in [0.1, 0.15) is 11.6 Å². The normalized spacial score (nSPS) is 11.8. The number of nitrogens with zero attached hydrogens (tertiary/aromatic N) is 3. The average Bonchev–Trinajstić information content (AvgIpc) is 2.66. The molecule has 1 aromatic carbocycles. The van der Waals surface area contributed by atoms with Gasteiger partial charge in [0.05, 0.1) is 13.2 Å². The highest BCUT2D eigenvalue weighted by atomic mass is 16.5. The van der Waals surface area contributed by atoms with Crippen molar-refractivity contribution in [3.63, 3.8) is 0 Å². The van der Waals surface area contributed by atoms with Gasteiger partial charge in [0.25, 0.3) is 0 Å². The lowest BCUT2D eigenvalue weighted by atomic mass is 10.1. The maximum Gasteiger partial charge on any atom is 0.161 e. The highest BCUT2D eigenvalue weighted by Gasteiger charge is 2.13. The van der Waals surface area contributed by atoms with Crippen LogP contribution in [0, 0.1) is 6.92 Å². The maximum atomic E-state index is 10.5. The van der Waals surface area contributed by atoms with Gasteiger partial charge >= 0.3 is 0 Å². The summed E-state index contributed by atoms with van der Waals surface area (Å²) in [4.78, 5) is 13.0. The van der Waals surface area contributed by atoms with Crippen molar-refractivity contribution in [1.29, 1.82) is 0 Å². The van der Waals surface area contributed by atoms with Gasteiger partial charge in [-0.1, -0.05) is 18.2 Å². The smallest absolute Gasteiger partial charge is 0.161 e. The Kier molecular flexibility index (Phi) is 5.20. The van der Waals surface area contributed by atoms with E-state index in [4.69, 9.17) is 4.74 Å². The van der Waals surface area contributed by atoms with Crippen LogP contribution in [0.25, 0.3) is 11.4 Å². The van der Waals surface area contributed by atoms with Crippen LogP contribution in [-0.2, 0) is 0 Å². The second-order valence-electron chi connectivity index (χ2n) is 5.59. The predicted molar refractivity (Wildman–Crippen MR) is 96.4 cm³/mol. The molecule has 0 bridgehead atoms. The van der Waals surface area contributed by atoms with Crippen molar-refractivity contribution in [1.82, 2.24) is 15.0 Å². The fraction of sp³-hybridized carbons (Fsp3) is 0.211. The molecular weight excluding hydrogens is 316 g/mol. The molecule has 3 aromatic rings. The minimum Gasteiger partial charge on any atom is -0.496 e. The SMILES string of the molecule is COc1ccccc1[C@H](O)CNc1cc(C)nc(-c2ccncc2)n1. The number of aliphatic hydroxyl groups excluding tert-OH is 1. The molecule has 0 aliphatic rings. The Morgan fingerprint density at radius 3 is 2.64 bits per heavy atom. The third-order valence-corrected chi connectivity index (χ3v) is 3.77. The lowest BCUT2D eigenvalue weighted by Gasteiger charge is -2.16. The van der Waals surface area contributed by atoms with E-state index in [2.05, 4.69) is 20.3 Å². The highest BCUT2D eigenvalue weighted by molar-refractivity contribution is 5.56. The molecule has 3 rings (SSSR count). The van der Waals surface area contributed by atoms with Gasteiger partial charge < -0.3 is 15.2 Å². The number of hydrogen-bond donors (Lipinski definition) is 2. The number of aryl methyl sites for hydroxylation is 1. The number of aliphatic hydroxyl groups is 1. The molecule has 128 valence electrons. The monoisotopic (exact) mass is 336 g/mol. The third-order valence-electron chi connectivity index (χ3n) is 3.77. The van der Waals surface area contributed by atoms with Crippen LogP contribution in [-0.4, -0.2) is 33.7 Å². The fourth-order valence-corrected chi connectivity index (χ4v) is 2.54. The first-order valence-electron chi connectivity index (χ1n) is 7.98. The van der Waals surface area contributed by atoms with Crippen LogP contribution in [0.3, 0.4) is 0 Å². The molecule has 0 aliphatic heterocycles. The number of rotatable bonds is 6. The molecule has 2 aromatic heterocycles. The summed E-state index contributed by atoms with van der Waals surface area (Å²) in [6, 6.07) is 13.0. The van der Waals surface area contributed by atoms with Crippen LogP contribution in [0.4, 0.5) is 5.82 Å². The van der Waals surface area contributed by atoms with Gasteiger partial charge in [-0.05, 0) is 25.1 Å². The molecule has 0 aliphatic carbocycles. The molecule has 2 heterocycles. The molecular formula is C19H20N4O2. The summed E-state index contributed by atoms with van der Waals surface area (Å²) in [6.07, 6.45) is 2.70. The number of anilines is 1. The van der Waals surface area contributed by atoms with Gasteiger partial charge in [-0.15, -0.1) is 0 Å². The molecule has 0 saturated carbocycles. The van der Waals surface area contributed by atoms with Crippen LogP contribution in [0.1, 0.15) is 17.4 Å². The summed E-state index contributed by atoms with van der Waals surface area (Å²) in [6.45, 7) is 2.22. The highest BCUT2D eigenvalue weighted by Crippen LogP contribution is 2.25. The van der Waals surface area contributed by atoms with Gasteiger partial charge in [-0.25, -0.2) is 9.97 Å². The Morgan fingerprint density at radius 2 is 1.88 bits per heavy atom. The van der Waals surface area contributed by atoms with Crippen molar-refractivity contribution in [2.24, 2.45) is 0 Å². The molecule has 6 nitrogen and oxygen atoms in total. The van der Waals surface area contributed by atoms with Gasteiger partial charge in [-0.2, -0.15) is 0 Å². The predicted octanol–water partition coefficient (Wildman–Crippen LogP) is 3.00. The Morgan fingerprint density at radius 1 is 1.12 bits per heavy atom. The summed E-state index contributed by atoms with van der Waals surface area (Å²) in [5, 5.41) is 13.6. The molecule has 0 spiro atoms. The minimum absolute atomic E-state index is 0.312. The van der Waals surface area contributed by atoms with E-state index in [-0.39, 0.29) is 0 Å². The molecule has 0 fully saturated rings. The molecule has 25 heavy (non-hydrogen) atoms. The van der Waals surface area contributed by atoms with E-state index in [0.29, 0.717) is 23.9 Å². The average molecular weight is 336 g/mol. The number of pyridine rings is 1. The lowest BCUT2D eigenvalue weighted by Crippen LogP contribution is -2.14. The molecule has 1 atom stereocenters. The fourth-order valence-electron chi connectivity index (χ4n) is 2.54. The van der Waals surface area contributed by atoms with Gasteiger partial charge in [0.15, 0.2) is 5.82 Å². The van der Waals surface area contributed by atoms with E-state index in [1.165, 1.54) is 0 Å². The summed E-state index contributed by atoms with van der Waals surface area (Å²) in [5.41, 5.74) is 2.47. The van der Waals surface area contributed by atoms with E-state index in [1.54, 1.807) is 19.5 Å². The minimum atomic E-state index is -0.712. The van der Waals surface area contributed by atoms with Crippen molar-refractivity contribution in [2.75, 3.05) is 19.0 Å². The van der Waals surface area contributed by atoms with Gasteiger partial charge in [0, 0.05) is 41.8 Å². The second-order valence-corrected chi connectivity index (χ2v) is 5.59. The van der Waals surface area contributed by atoms with E-state index < -0.39 is 6.10 Å². The van der Waals surface area contributed by atoms with Crippen molar-refractivity contribution in [3.05, 3.63) is 66.1 Å². The van der Waals surface area contributed by atoms with Crippen LogP contribution < -0.4 is 10.1 Å². The summed E-state index contributed by atoms with van der Waals surface area (Å²) in [5.74, 6) is 1.94. The van der Waals surface area contributed by atoms with Crippen molar-refractivity contribution in [2.45, 2.75) is 13.0 Å². The number of methoxy groups -OCH3 is 1. The maximum absolute atomic E-state index is 10.5. The first kappa shape index (κ1) is 16.9. The lowest BCUT2D eigenvalue weighted by molar-refractivity contribution is 0.187. The van der Waals surface area contributed by atoms with Crippen molar-refractivity contribution < 1.29 is 9.84 Å². The van der Waals surface area contributed by atoms with E-state index in [1.807, 2.05) is 49.4 Å². The van der Waals surface area contributed by atoms with E-state index in [0.717, 1.165) is 16.8 Å². The number of aromatic nitrogens is 3. The Bertz CT molecular complexity index is 840. The Hall–Kier alpha value is -2.99. The number of para-hydroxylation sites is 1. The topological polar surface area (TPSA) is 80.2 Å². The number of benzene rings is 1. The first-order chi connectivity index (χ1) is 12.2. The van der Waals surface area contributed by atoms with Gasteiger partial charge in [-0.3, -0.25) is 4.98 Å². The van der Waals surface area contributed by atoms with Gasteiger partial charge in [0.2, 0.25) is 0 Å². The second kappa shape index (κ2) is 7.72. The number of hydrogen-bond acceptors (Lipinski definition) is 6. The molecule has 0 saturated heterocycles. The van der Waals surface area contributed by atoms with E-state index in [9.17, 15) is 5.11 Å². The van der Waals surface area contributed by atoms with Crippen LogP contribution in [0.2, 0.25) is 0 Å². The molecule has 0 amide bonds. The quantitative estimate of drug-likeness (QED) is 0.720. The molecule has 0 unspecified atom stereocenters. The van der Waals surface area contributed by atoms with E-state index >= 15 is 0 Å². The largest absolute Gasteiger partial charge is 0.496 e. The summed E-state index contributed by atoms with van der Waals surface area (Å²) >= 11 is 0. The molecule has 0 radical (unpaired) electrons. The molecule has 2 N–H and O–H groups in total. The molecule has 6 heteroatoms. The third kappa shape index (κ3) is 4.10. The number of ether oxygens (including phenoxy) is 1. The standard InChI is InChI=1S/C19H20N4O2/c1-13-11-18(23-19(22-13)14-7-9-20-10-8-14)21-12-16(24)15-5-3-4-6-17(15)25-2/h3-11,16,24H,12H2,1-2H3,(H,21,22,23)/t16-/m1/s1. The zero-order chi connectivity index (χ0) is 17.6. The van der Waals surface area contributed by atoms with Crippen molar-refractivity contribution >= 4 is 5.82 Å². The summed E-state index contributed by atoms with van der Waals surface area (Å²) in [7, 11) is 1.59. The van der Waals surface area contributed by atoms with Crippen LogP contribution in [0.5, 0.6) is 5.75 Å². The van der Waals surface area contributed by atoms with Crippen molar-refractivity contribution in [3.8, 4) is 17.1 Å². The van der Waals surface area contributed by atoms with Crippen LogP contribution >= 0.6 is 0 Å². The Labute approximate surface area is 146 Å². The zero-order valence-corrected chi connectivity index (χ0v) is 14.2. The zero-order valence-electron chi connectivity index (χ0n) is 14.2. The number of nitrogens with one attached hydrogen (secondary N) is 1. The van der Waals surface area contributed by atoms with Crippen LogP contribution in [0.15, 0.2) is 54.9 Å². The Balaban J connectivity index is 1.76. The first-order valence-corrected chi connectivity index (χ1v) is 7.98.